The van der Waals surface area contributed by atoms with Crippen molar-refractivity contribution in [3.8, 4) is 5.75 Å². The van der Waals surface area contributed by atoms with Gasteiger partial charge in [0.1, 0.15) is 5.75 Å². The second-order valence-corrected chi connectivity index (χ2v) is 4.24. The fourth-order valence-corrected chi connectivity index (χ4v) is 1.25. The lowest BCUT2D eigenvalue weighted by atomic mass is 10.3. The van der Waals surface area contributed by atoms with Gasteiger partial charge in [0, 0.05) is 0 Å². The lowest BCUT2D eigenvalue weighted by Crippen LogP contribution is -2.52. The summed E-state index contributed by atoms with van der Waals surface area (Å²) in [5.74, 6) is -7.08. The topological polar surface area (TPSA) is 47.9 Å². The number of rotatable bonds is 8. The second kappa shape index (κ2) is 7.31. The zero-order valence-corrected chi connectivity index (χ0v) is 11.5. The van der Waals surface area contributed by atoms with Crippen LogP contribution >= 0.6 is 0 Å². The molecule has 1 unspecified atom stereocenters. The second-order valence-electron chi connectivity index (χ2n) is 4.24. The molecule has 0 aliphatic rings. The molecule has 0 radical (unpaired) electrons. The third kappa shape index (κ3) is 4.86. The number of isocyanates is 1. The first kappa shape index (κ1) is 20.8. The highest BCUT2D eigenvalue weighted by molar-refractivity contribution is 5.50. The Morgan fingerprint density at radius 3 is 1.92 bits per heavy atom. The summed E-state index contributed by atoms with van der Waals surface area (Å²) in [6.45, 7) is 0. The van der Waals surface area contributed by atoms with Crippen molar-refractivity contribution < 1.29 is 53.8 Å². The van der Waals surface area contributed by atoms with E-state index >= 15 is 0 Å². The van der Waals surface area contributed by atoms with Crippen molar-refractivity contribution in [3.05, 3.63) is 24.3 Å². The molecule has 1 atom stereocenters. The average molecular weight is 383 g/mol. The molecular weight excluding hydrogens is 377 g/mol. The van der Waals surface area contributed by atoms with Gasteiger partial charge in [-0.1, -0.05) is 0 Å². The Kier molecular flexibility index (Phi) is 6.08. The van der Waals surface area contributed by atoms with Gasteiger partial charge < -0.3 is 4.74 Å². The predicted molar refractivity (Wildman–Crippen MR) is 61.7 cm³/mol. The third-order valence-corrected chi connectivity index (χ3v) is 2.44. The van der Waals surface area contributed by atoms with E-state index < -0.39 is 36.7 Å². The summed E-state index contributed by atoms with van der Waals surface area (Å²) in [5, 5.41) is 0. The summed E-state index contributed by atoms with van der Waals surface area (Å²) in [4.78, 5) is 13.0. The Bertz CT molecular complexity index is 629. The van der Waals surface area contributed by atoms with Gasteiger partial charge in [0.05, 0.1) is 5.69 Å². The average Bonchev–Trinajstić information content (AvgIpc) is 2.48. The Morgan fingerprint density at radius 2 is 1.48 bits per heavy atom. The molecule has 0 saturated heterocycles. The fourth-order valence-electron chi connectivity index (χ4n) is 1.25. The van der Waals surface area contributed by atoms with Gasteiger partial charge in [-0.2, -0.15) is 31.3 Å². The van der Waals surface area contributed by atoms with Crippen LogP contribution in [0, 0.1) is 0 Å². The number of aliphatic imine (C=N–C) groups is 1. The van der Waals surface area contributed by atoms with Gasteiger partial charge in [-0.25, -0.2) is 18.0 Å². The summed E-state index contributed by atoms with van der Waals surface area (Å²) < 4.78 is 120. The highest BCUT2D eigenvalue weighted by Crippen LogP contribution is 2.42. The highest BCUT2D eigenvalue weighted by atomic mass is 19.3. The standard InChI is InChI=1S/C12H6F9NO3/c13-8(14)10(16,17)12(20,21)25-9(15)11(18,19)24-7-3-1-6(2-4-7)22-5-23/h1-4,8-9H. The Balaban J connectivity index is 2.88. The summed E-state index contributed by atoms with van der Waals surface area (Å²) in [5.41, 5.74) is -0.0816. The lowest BCUT2D eigenvalue weighted by molar-refractivity contribution is -0.430. The number of hydrogen-bond acceptors (Lipinski definition) is 4. The van der Waals surface area contributed by atoms with Crippen molar-refractivity contribution in [3.63, 3.8) is 0 Å². The van der Waals surface area contributed by atoms with E-state index in [1.165, 1.54) is 0 Å². The first-order valence-corrected chi connectivity index (χ1v) is 5.94. The highest BCUT2D eigenvalue weighted by Gasteiger charge is 2.67. The maximum absolute atomic E-state index is 13.3. The smallest absolute Gasteiger partial charge is 0.429 e. The van der Waals surface area contributed by atoms with Crippen LogP contribution in [0.1, 0.15) is 0 Å². The molecule has 13 heteroatoms. The number of benzene rings is 1. The molecule has 140 valence electrons. The van der Waals surface area contributed by atoms with Crippen molar-refractivity contribution >= 4 is 11.8 Å². The lowest BCUT2D eigenvalue weighted by Gasteiger charge is -2.29. The minimum atomic E-state index is -6.24. The number of alkyl halides is 9. The number of halogens is 9. The van der Waals surface area contributed by atoms with Crippen LogP contribution in [0.25, 0.3) is 0 Å². The van der Waals surface area contributed by atoms with Crippen LogP contribution < -0.4 is 4.74 Å². The monoisotopic (exact) mass is 383 g/mol. The zero-order valence-electron chi connectivity index (χ0n) is 11.5. The molecule has 4 nitrogen and oxygen atoms in total. The molecule has 25 heavy (non-hydrogen) atoms. The minimum absolute atomic E-state index is 0.0816. The van der Waals surface area contributed by atoms with E-state index in [-0.39, 0.29) is 5.69 Å². The van der Waals surface area contributed by atoms with Crippen LogP contribution in [-0.4, -0.2) is 37.0 Å². The van der Waals surface area contributed by atoms with Gasteiger partial charge >= 0.3 is 30.9 Å². The van der Waals surface area contributed by atoms with Crippen LogP contribution in [0.5, 0.6) is 5.75 Å². The summed E-state index contributed by atoms with van der Waals surface area (Å²) in [6.07, 6.45) is -19.9. The van der Waals surface area contributed by atoms with E-state index in [1.54, 1.807) is 0 Å². The predicted octanol–water partition coefficient (Wildman–Crippen LogP) is 4.43. The molecule has 0 fully saturated rings. The van der Waals surface area contributed by atoms with Crippen molar-refractivity contribution in [2.45, 2.75) is 30.9 Å². The molecule has 1 rings (SSSR count). The number of hydrogen-bond donors (Lipinski definition) is 0. The van der Waals surface area contributed by atoms with Crippen LogP contribution in [0.15, 0.2) is 29.3 Å². The first-order valence-electron chi connectivity index (χ1n) is 5.94. The van der Waals surface area contributed by atoms with E-state index in [0.29, 0.717) is 12.1 Å². The van der Waals surface area contributed by atoms with Crippen LogP contribution in [0.4, 0.5) is 45.2 Å². The summed E-state index contributed by atoms with van der Waals surface area (Å²) in [6, 6.07) is 3.21. The van der Waals surface area contributed by atoms with Gasteiger partial charge in [0.25, 0.3) is 0 Å². The Labute approximate surface area is 132 Å². The van der Waals surface area contributed by atoms with Gasteiger partial charge in [0.2, 0.25) is 6.08 Å². The fraction of sp³-hybridized carbons (Fsp3) is 0.417. The quantitative estimate of drug-likeness (QED) is 0.379. The maximum Gasteiger partial charge on any atom is 0.456 e. The first-order chi connectivity index (χ1) is 11.3. The largest absolute Gasteiger partial charge is 0.456 e. The molecule has 0 saturated carbocycles. The molecule has 0 aliphatic heterocycles. The molecule has 0 N–H and O–H groups in total. The van der Waals surface area contributed by atoms with E-state index in [1.807, 2.05) is 0 Å². The normalized spacial score (nSPS) is 14.2. The van der Waals surface area contributed by atoms with Crippen molar-refractivity contribution in [1.82, 2.24) is 0 Å². The minimum Gasteiger partial charge on any atom is -0.429 e. The number of ether oxygens (including phenoxy) is 2. The molecule has 1 aromatic rings. The molecule has 0 aromatic heterocycles. The van der Waals surface area contributed by atoms with Gasteiger partial charge in [-0.05, 0) is 24.3 Å². The molecule has 0 amide bonds. The summed E-state index contributed by atoms with van der Waals surface area (Å²) in [7, 11) is 0. The van der Waals surface area contributed by atoms with E-state index in [4.69, 9.17) is 0 Å². The maximum atomic E-state index is 13.3. The molecular formula is C12H6F9NO3. The third-order valence-electron chi connectivity index (χ3n) is 2.44. The van der Waals surface area contributed by atoms with Crippen molar-refractivity contribution in [1.29, 1.82) is 0 Å². The van der Waals surface area contributed by atoms with E-state index in [0.717, 1.165) is 18.2 Å². The number of carbonyl (C=O) groups excluding carboxylic acids is 1. The van der Waals surface area contributed by atoms with Gasteiger partial charge in [-0.3, -0.25) is 4.74 Å². The van der Waals surface area contributed by atoms with E-state index in [9.17, 15) is 44.3 Å². The van der Waals surface area contributed by atoms with Crippen LogP contribution in [-0.2, 0) is 9.53 Å². The Morgan fingerprint density at radius 1 is 0.960 bits per heavy atom. The van der Waals surface area contributed by atoms with Crippen molar-refractivity contribution in [2.75, 3.05) is 0 Å². The SMILES string of the molecule is O=C=Nc1ccc(OC(F)(F)C(F)OC(F)(F)C(F)(F)C(F)F)cc1. The summed E-state index contributed by atoms with van der Waals surface area (Å²) >= 11 is 0. The van der Waals surface area contributed by atoms with Crippen molar-refractivity contribution in [2.24, 2.45) is 4.99 Å². The van der Waals surface area contributed by atoms with E-state index in [2.05, 4.69) is 14.5 Å². The molecule has 0 spiro atoms. The molecule has 0 aliphatic carbocycles. The molecule has 0 bridgehead atoms. The van der Waals surface area contributed by atoms with Crippen LogP contribution in [0.3, 0.4) is 0 Å². The van der Waals surface area contributed by atoms with Crippen LogP contribution in [0.2, 0.25) is 0 Å². The van der Waals surface area contributed by atoms with Gasteiger partial charge in [0.15, 0.2) is 0 Å². The Hall–Kier alpha value is -2.27. The zero-order chi connectivity index (χ0) is 19.5. The van der Waals surface area contributed by atoms with Gasteiger partial charge in [-0.15, -0.1) is 0 Å². The molecule has 0 heterocycles. The number of nitrogens with zero attached hydrogens (tertiary/aromatic N) is 1. The molecule has 1 aromatic carbocycles.